The van der Waals surface area contributed by atoms with E-state index in [-0.39, 0.29) is 24.3 Å². The van der Waals surface area contributed by atoms with E-state index in [1.807, 2.05) is 22.5 Å². The van der Waals surface area contributed by atoms with Crippen molar-refractivity contribution in [2.24, 2.45) is 11.1 Å². The fraction of sp³-hybridized carbons (Fsp3) is 0.423. The highest BCUT2D eigenvalue weighted by molar-refractivity contribution is 7.09. The number of pyridine rings is 1. The molecule has 2 aromatic rings. The molecule has 0 unspecified atom stereocenters. The topological polar surface area (TPSA) is 122 Å². The minimum atomic E-state index is -0.547. The van der Waals surface area contributed by atoms with E-state index in [0.717, 1.165) is 29.0 Å². The van der Waals surface area contributed by atoms with Crippen LogP contribution in [-0.4, -0.2) is 70.2 Å². The Labute approximate surface area is 214 Å². The van der Waals surface area contributed by atoms with Crippen LogP contribution in [-0.2, 0) is 27.2 Å². The maximum absolute atomic E-state index is 12.9. The minimum Gasteiger partial charge on any atom is -0.342 e. The highest BCUT2D eigenvalue weighted by atomic mass is 32.1. The van der Waals surface area contributed by atoms with Gasteiger partial charge in [-0.15, -0.1) is 11.3 Å². The van der Waals surface area contributed by atoms with Gasteiger partial charge in [-0.2, -0.15) is 0 Å². The number of thiazole rings is 1. The average Bonchev–Trinajstić information content (AvgIpc) is 3.41. The Balaban J connectivity index is 1.21. The first kappa shape index (κ1) is 24.3. The van der Waals surface area contributed by atoms with E-state index in [9.17, 15) is 14.4 Å². The maximum Gasteiger partial charge on any atom is 0.246 e. The number of hydrogen-bond acceptors (Lipinski definition) is 7. The highest BCUT2D eigenvalue weighted by Gasteiger charge is 2.45. The number of nitrogens with two attached hydrogens (primary N) is 1. The molecule has 0 aliphatic carbocycles. The first-order valence-corrected chi connectivity index (χ1v) is 13.2. The van der Waals surface area contributed by atoms with Gasteiger partial charge in [0.1, 0.15) is 5.82 Å². The van der Waals surface area contributed by atoms with E-state index >= 15 is 0 Å². The summed E-state index contributed by atoms with van der Waals surface area (Å²) < 4.78 is 0. The normalized spacial score (nSPS) is 19.2. The number of nitrogens with one attached hydrogen (secondary N) is 1. The Bertz CT molecular complexity index is 1210. The van der Waals surface area contributed by atoms with Crippen LogP contribution < -0.4 is 11.1 Å². The third-order valence-electron chi connectivity index (χ3n) is 7.37. The number of amides is 3. The maximum atomic E-state index is 12.9. The molecule has 0 radical (unpaired) electrons. The summed E-state index contributed by atoms with van der Waals surface area (Å²) in [6.07, 6.45) is 12.5. The van der Waals surface area contributed by atoms with Crippen molar-refractivity contribution in [1.29, 1.82) is 0 Å². The molecular formula is C26H30N6O3S. The fourth-order valence-corrected chi connectivity index (χ4v) is 5.82. The van der Waals surface area contributed by atoms with Gasteiger partial charge in [0.15, 0.2) is 0 Å². The first-order chi connectivity index (χ1) is 17.5. The molecule has 3 aliphatic heterocycles. The molecule has 2 aromatic heterocycles. The Morgan fingerprint density at radius 3 is 2.72 bits per heavy atom. The van der Waals surface area contributed by atoms with Gasteiger partial charge in [-0.1, -0.05) is 11.6 Å². The molecule has 1 saturated heterocycles. The van der Waals surface area contributed by atoms with Crippen molar-refractivity contribution >= 4 is 41.0 Å². The van der Waals surface area contributed by atoms with Crippen molar-refractivity contribution < 1.29 is 14.4 Å². The van der Waals surface area contributed by atoms with Crippen molar-refractivity contribution in [3.05, 3.63) is 57.7 Å². The molecule has 3 N–H and O–H groups in total. The molecule has 3 amide bonds. The molecular weight excluding hydrogens is 476 g/mol. The van der Waals surface area contributed by atoms with Gasteiger partial charge in [0.2, 0.25) is 17.7 Å². The second kappa shape index (κ2) is 10.3. The molecule has 9 nitrogen and oxygen atoms in total. The van der Waals surface area contributed by atoms with Crippen LogP contribution in [0.25, 0.3) is 6.08 Å². The molecule has 5 rings (SSSR count). The van der Waals surface area contributed by atoms with Crippen molar-refractivity contribution in [2.75, 3.05) is 38.0 Å². The second-order valence-corrected chi connectivity index (χ2v) is 10.6. The summed E-state index contributed by atoms with van der Waals surface area (Å²) in [4.78, 5) is 49.9. The van der Waals surface area contributed by atoms with Crippen LogP contribution in [0.4, 0.5) is 5.82 Å². The number of nitrogens with zero attached hydrogens (tertiary/aromatic N) is 4. The van der Waals surface area contributed by atoms with Crippen LogP contribution in [0.15, 0.2) is 41.6 Å². The van der Waals surface area contributed by atoms with E-state index in [2.05, 4.69) is 21.4 Å². The van der Waals surface area contributed by atoms with E-state index in [0.29, 0.717) is 51.3 Å². The van der Waals surface area contributed by atoms with Crippen molar-refractivity contribution in [3.8, 4) is 0 Å². The zero-order valence-corrected chi connectivity index (χ0v) is 20.9. The third kappa shape index (κ3) is 5.10. The van der Waals surface area contributed by atoms with Gasteiger partial charge in [0, 0.05) is 56.4 Å². The molecule has 0 aromatic carbocycles. The standard InChI is InChI=1S/C26H30N6O3S/c27-16-23(34)32-10-5-26(6-11-32)15-20-13-19(17-29-24(20)30-25(26)35)1-2-22(33)31-8-3-18(4-9-31)14-21-28-7-12-36-21/h1-3,7,12-13,17H,4-6,8-11,14-16,27H2,(H,29,30,35)/b2-1+. The van der Waals surface area contributed by atoms with Crippen LogP contribution in [0.5, 0.6) is 0 Å². The van der Waals surface area contributed by atoms with Crippen LogP contribution in [0.3, 0.4) is 0 Å². The molecule has 3 aliphatic rings. The number of aromatic nitrogens is 2. The number of fused-ring (bicyclic) bond motifs is 1. The van der Waals surface area contributed by atoms with E-state index in [4.69, 9.17) is 5.73 Å². The van der Waals surface area contributed by atoms with Gasteiger partial charge in [-0.3, -0.25) is 14.4 Å². The van der Waals surface area contributed by atoms with Crippen LogP contribution in [0.2, 0.25) is 0 Å². The number of piperidine rings is 1. The molecule has 188 valence electrons. The molecule has 1 fully saturated rings. The molecule has 10 heteroatoms. The zero-order valence-electron chi connectivity index (χ0n) is 20.1. The van der Waals surface area contributed by atoms with Crippen LogP contribution >= 0.6 is 11.3 Å². The summed E-state index contributed by atoms with van der Waals surface area (Å²) in [7, 11) is 0. The lowest BCUT2D eigenvalue weighted by Gasteiger charge is -2.43. The van der Waals surface area contributed by atoms with Gasteiger partial charge < -0.3 is 20.9 Å². The summed E-state index contributed by atoms with van der Waals surface area (Å²) in [5, 5.41) is 6.04. The molecule has 0 bridgehead atoms. The van der Waals surface area contributed by atoms with Crippen LogP contribution in [0, 0.1) is 5.41 Å². The summed E-state index contributed by atoms with van der Waals surface area (Å²) in [6.45, 7) is 2.33. The second-order valence-electron chi connectivity index (χ2n) is 9.61. The average molecular weight is 507 g/mol. The van der Waals surface area contributed by atoms with Crippen molar-refractivity contribution in [2.45, 2.75) is 32.1 Å². The first-order valence-electron chi connectivity index (χ1n) is 12.3. The summed E-state index contributed by atoms with van der Waals surface area (Å²) in [6, 6.07) is 1.99. The molecule has 36 heavy (non-hydrogen) atoms. The lowest BCUT2D eigenvalue weighted by atomic mass is 9.71. The van der Waals surface area contributed by atoms with Gasteiger partial charge >= 0.3 is 0 Å². The Morgan fingerprint density at radius 2 is 2.03 bits per heavy atom. The number of likely N-dealkylation sites (tertiary alicyclic amines) is 1. The SMILES string of the molecule is NCC(=O)N1CCC2(CC1)Cc1cc(/C=C/C(=O)N3CC=C(Cc4nccs4)CC3)cnc1NC2=O. The fourth-order valence-electron chi connectivity index (χ4n) is 5.15. The summed E-state index contributed by atoms with van der Waals surface area (Å²) in [5.41, 5.74) is 8.04. The quantitative estimate of drug-likeness (QED) is 0.473. The lowest BCUT2D eigenvalue weighted by Crippen LogP contribution is -2.52. The van der Waals surface area contributed by atoms with Gasteiger partial charge in [0.05, 0.1) is 17.0 Å². The zero-order chi connectivity index (χ0) is 25.1. The number of carbonyl (C=O) groups is 3. The number of anilines is 1. The van der Waals surface area contributed by atoms with Crippen LogP contribution in [0.1, 0.15) is 35.4 Å². The Hall–Kier alpha value is -3.37. The van der Waals surface area contributed by atoms with Crippen molar-refractivity contribution in [1.82, 2.24) is 19.8 Å². The molecule has 5 heterocycles. The predicted molar refractivity (Wildman–Crippen MR) is 138 cm³/mol. The highest BCUT2D eigenvalue weighted by Crippen LogP contribution is 2.41. The van der Waals surface area contributed by atoms with Crippen molar-refractivity contribution in [3.63, 3.8) is 0 Å². The predicted octanol–water partition coefficient (Wildman–Crippen LogP) is 2.01. The number of hydrogen-bond donors (Lipinski definition) is 2. The molecule has 1 spiro atoms. The smallest absolute Gasteiger partial charge is 0.246 e. The number of rotatable bonds is 5. The third-order valence-corrected chi connectivity index (χ3v) is 8.15. The monoisotopic (exact) mass is 506 g/mol. The minimum absolute atomic E-state index is 0.0120. The molecule has 0 atom stereocenters. The largest absolute Gasteiger partial charge is 0.342 e. The number of carbonyl (C=O) groups excluding carboxylic acids is 3. The summed E-state index contributed by atoms with van der Waals surface area (Å²) >= 11 is 1.66. The summed E-state index contributed by atoms with van der Waals surface area (Å²) in [5.74, 6) is 0.427. The van der Waals surface area contributed by atoms with Gasteiger partial charge in [-0.25, -0.2) is 9.97 Å². The van der Waals surface area contributed by atoms with E-state index in [1.54, 1.807) is 34.6 Å². The van der Waals surface area contributed by atoms with Gasteiger partial charge in [-0.05, 0) is 49.0 Å². The Morgan fingerprint density at radius 1 is 1.19 bits per heavy atom. The lowest BCUT2D eigenvalue weighted by molar-refractivity contribution is -0.137. The molecule has 0 saturated carbocycles. The van der Waals surface area contributed by atoms with E-state index < -0.39 is 5.41 Å². The van der Waals surface area contributed by atoms with Gasteiger partial charge in [0.25, 0.3) is 0 Å². The van der Waals surface area contributed by atoms with E-state index in [1.165, 1.54) is 5.57 Å². The Kier molecular flexibility index (Phi) is 6.97.